The number of alkyl halides is 3. The molecule has 1 aromatic carbocycles. The second-order valence-electron chi connectivity index (χ2n) is 3.50. The fourth-order valence-corrected chi connectivity index (χ4v) is 1.48. The molecule has 20 heavy (non-hydrogen) atoms. The van der Waals surface area contributed by atoms with E-state index in [0.717, 1.165) is 0 Å². The maximum Gasteiger partial charge on any atom is 0.422 e. The van der Waals surface area contributed by atoms with Crippen LogP contribution in [0.2, 0.25) is 5.02 Å². The number of hydrogen-bond donors (Lipinski definition) is 1. The van der Waals surface area contributed by atoms with Gasteiger partial charge in [0.2, 0.25) is 0 Å². The van der Waals surface area contributed by atoms with Crippen LogP contribution in [-0.2, 0) is 4.74 Å². The summed E-state index contributed by atoms with van der Waals surface area (Å²) in [5, 5.41) is 2.33. The highest BCUT2D eigenvalue weighted by molar-refractivity contribution is 6.32. The molecule has 0 aliphatic rings. The first kappa shape index (κ1) is 16.2. The minimum atomic E-state index is -4.60. The lowest BCUT2D eigenvalue weighted by molar-refractivity contribution is -0.159. The lowest BCUT2D eigenvalue weighted by atomic mass is 10.2. The van der Waals surface area contributed by atoms with Gasteiger partial charge in [-0.05, 0) is 0 Å². The molecule has 1 amide bonds. The fourth-order valence-electron chi connectivity index (χ4n) is 1.25. The lowest BCUT2D eigenvalue weighted by Crippen LogP contribution is -2.23. The van der Waals surface area contributed by atoms with Gasteiger partial charge in [0.25, 0.3) is 0 Å². The van der Waals surface area contributed by atoms with Crippen molar-refractivity contribution in [2.45, 2.75) is 6.18 Å². The maximum atomic E-state index is 11.9. The molecule has 0 unspecified atom stereocenters. The first-order valence-corrected chi connectivity index (χ1v) is 5.56. The number of carbonyl (C=O) groups excluding carboxylic acids is 1. The third-order valence-corrected chi connectivity index (χ3v) is 2.37. The first-order chi connectivity index (χ1) is 9.26. The van der Waals surface area contributed by atoms with E-state index in [2.05, 4.69) is 10.1 Å². The van der Waals surface area contributed by atoms with Crippen LogP contribution in [0.25, 0.3) is 0 Å². The van der Waals surface area contributed by atoms with Gasteiger partial charge in [-0.15, -0.1) is 0 Å². The Morgan fingerprint density at radius 2 is 1.85 bits per heavy atom. The topological polar surface area (TPSA) is 56.8 Å². The molecule has 0 aliphatic carbocycles. The third-order valence-electron chi connectivity index (χ3n) is 2.08. The van der Waals surface area contributed by atoms with Crippen molar-refractivity contribution in [3.63, 3.8) is 0 Å². The Labute approximate surface area is 117 Å². The molecule has 0 fully saturated rings. The van der Waals surface area contributed by atoms with Gasteiger partial charge in [-0.3, -0.25) is 5.32 Å². The van der Waals surface area contributed by atoms with Crippen molar-refractivity contribution in [2.24, 2.45) is 0 Å². The van der Waals surface area contributed by atoms with Gasteiger partial charge in [-0.1, -0.05) is 11.6 Å². The monoisotopic (exact) mass is 313 g/mol. The average Bonchev–Trinajstić information content (AvgIpc) is 2.37. The number of methoxy groups -OCH3 is 2. The van der Waals surface area contributed by atoms with Crippen LogP contribution < -0.4 is 14.8 Å². The molecule has 1 N–H and O–H groups in total. The molecule has 5 nitrogen and oxygen atoms in total. The number of rotatable bonds is 4. The molecule has 0 radical (unpaired) electrons. The van der Waals surface area contributed by atoms with Crippen LogP contribution in [0.5, 0.6) is 11.5 Å². The highest BCUT2D eigenvalue weighted by Crippen LogP contribution is 2.35. The summed E-state index contributed by atoms with van der Waals surface area (Å²) < 4.78 is 49.6. The van der Waals surface area contributed by atoms with E-state index in [1.54, 1.807) is 0 Å². The number of halogens is 4. The number of ether oxygens (including phenoxy) is 3. The Morgan fingerprint density at radius 1 is 1.25 bits per heavy atom. The molecule has 0 atom stereocenters. The van der Waals surface area contributed by atoms with Gasteiger partial charge < -0.3 is 14.2 Å². The van der Waals surface area contributed by atoms with Gasteiger partial charge in [0.1, 0.15) is 11.5 Å². The van der Waals surface area contributed by atoms with Crippen molar-refractivity contribution in [2.75, 3.05) is 26.1 Å². The largest absolute Gasteiger partial charge is 0.495 e. The Hall–Kier alpha value is -1.83. The first-order valence-electron chi connectivity index (χ1n) is 5.19. The van der Waals surface area contributed by atoms with Crippen LogP contribution in [0, 0.1) is 0 Å². The standard InChI is InChI=1S/C11H11ClF3NO4/c1-18-8-4-7(9(19-2)3-6(8)12)16-10(17)20-5-11(13,14)15/h3-4H,5H2,1-2H3,(H,16,17). The molecule has 0 aliphatic heterocycles. The molecule has 112 valence electrons. The zero-order chi connectivity index (χ0) is 15.3. The third kappa shape index (κ3) is 4.69. The summed E-state index contributed by atoms with van der Waals surface area (Å²) >= 11 is 5.84. The summed E-state index contributed by atoms with van der Waals surface area (Å²) in [5.74, 6) is 0.373. The van der Waals surface area contributed by atoms with Gasteiger partial charge in [-0.2, -0.15) is 13.2 Å². The van der Waals surface area contributed by atoms with Crippen molar-refractivity contribution < 1.29 is 32.2 Å². The average molecular weight is 314 g/mol. The van der Waals surface area contributed by atoms with Crippen LogP contribution in [0.1, 0.15) is 0 Å². The summed E-state index contributed by atoms with van der Waals surface area (Å²) in [6.45, 7) is -1.69. The zero-order valence-electron chi connectivity index (χ0n) is 10.5. The Bertz CT molecular complexity index is 493. The smallest absolute Gasteiger partial charge is 0.422 e. The molecule has 0 heterocycles. The van der Waals surface area contributed by atoms with Gasteiger partial charge >= 0.3 is 12.3 Å². The van der Waals surface area contributed by atoms with Crippen molar-refractivity contribution in [1.29, 1.82) is 0 Å². The SMILES string of the molecule is COc1cc(NC(=O)OCC(F)(F)F)c(OC)cc1Cl. The molecule has 0 saturated carbocycles. The van der Waals surface area contributed by atoms with Crippen LogP contribution >= 0.6 is 11.6 Å². The zero-order valence-corrected chi connectivity index (χ0v) is 11.3. The molecule has 1 aromatic rings. The van der Waals surface area contributed by atoms with Crippen LogP contribution in [0.15, 0.2) is 12.1 Å². The minimum Gasteiger partial charge on any atom is -0.495 e. The van der Waals surface area contributed by atoms with E-state index in [0.29, 0.717) is 0 Å². The number of hydrogen-bond acceptors (Lipinski definition) is 4. The Kier molecular flexibility index (Phi) is 5.32. The molecule has 1 rings (SSSR count). The molecule has 0 aromatic heterocycles. The van der Waals surface area contributed by atoms with E-state index in [9.17, 15) is 18.0 Å². The van der Waals surface area contributed by atoms with Crippen molar-refractivity contribution in [1.82, 2.24) is 0 Å². The highest BCUT2D eigenvalue weighted by Gasteiger charge is 2.29. The van der Waals surface area contributed by atoms with Gasteiger partial charge in [0.05, 0.1) is 24.9 Å². The van der Waals surface area contributed by atoms with Gasteiger partial charge in [-0.25, -0.2) is 4.79 Å². The summed E-state index contributed by atoms with van der Waals surface area (Å²) in [4.78, 5) is 11.2. The van der Waals surface area contributed by atoms with Crippen LogP contribution in [0.3, 0.4) is 0 Å². The quantitative estimate of drug-likeness (QED) is 0.924. The summed E-state index contributed by atoms with van der Waals surface area (Å²) in [5.41, 5.74) is 0.0703. The molecular formula is C11H11ClF3NO4. The summed E-state index contributed by atoms with van der Waals surface area (Å²) in [6.07, 6.45) is -5.87. The molecule has 0 spiro atoms. The number of nitrogens with one attached hydrogen (secondary N) is 1. The van der Waals surface area contributed by atoms with E-state index in [-0.39, 0.29) is 22.2 Å². The molecule has 9 heteroatoms. The van der Waals surface area contributed by atoms with E-state index in [1.807, 2.05) is 0 Å². The van der Waals surface area contributed by atoms with E-state index >= 15 is 0 Å². The van der Waals surface area contributed by atoms with Crippen LogP contribution in [0.4, 0.5) is 23.7 Å². The second-order valence-corrected chi connectivity index (χ2v) is 3.91. The van der Waals surface area contributed by atoms with Crippen LogP contribution in [-0.4, -0.2) is 33.1 Å². The van der Waals surface area contributed by atoms with Gasteiger partial charge in [0, 0.05) is 12.1 Å². The molecular weight excluding hydrogens is 303 g/mol. The normalized spacial score (nSPS) is 10.9. The van der Waals surface area contributed by atoms with Crippen molar-refractivity contribution in [3.8, 4) is 11.5 Å². The predicted molar refractivity (Wildman–Crippen MR) is 65.6 cm³/mol. The number of amides is 1. The van der Waals surface area contributed by atoms with E-state index < -0.39 is 18.9 Å². The summed E-state index contributed by atoms with van der Waals surface area (Å²) in [6, 6.07) is 2.65. The lowest BCUT2D eigenvalue weighted by Gasteiger charge is -2.13. The van der Waals surface area contributed by atoms with Crippen molar-refractivity contribution in [3.05, 3.63) is 17.2 Å². The van der Waals surface area contributed by atoms with Gasteiger partial charge in [0.15, 0.2) is 6.61 Å². The fraction of sp³-hybridized carbons (Fsp3) is 0.364. The minimum absolute atomic E-state index is 0.0703. The molecule has 0 bridgehead atoms. The number of anilines is 1. The summed E-state index contributed by atoms with van der Waals surface area (Å²) in [7, 11) is 2.66. The van der Waals surface area contributed by atoms with E-state index in [4.69, 9.17) is 21.1 Å². The number of benzene rings is 1. The Balaban J connectivity index is 2.83. The van der Waals surface area contributed by atoms with E-state index in [1.165, 1.54) is 26.4 Å². The molecule has 0 saturated heterocycles. The van der Waals surface area contributed by atoms with Crippen molar-refractivity contribution >= 4 is 23.4 Å². The predicted octanol–water partition coefficient (Wildman–Crippen LogP) is 3.47. The second kappa shape index (κ2) is 6.56. The highest BCUT2D eigenvalue weighted by atomic mass is 35.5. The number of carbonyl (C=O) groups is 1. The maximum absolute atomic E-state index is 11.9. The Morgan fingerprint density at radius 3 is 2.35 bits per heavy atom.